The Kier molecular flexibility index (Phi) is 6.19. The van der Waals surface area contributed by atoms with Crippen LogP contribution in [-0.2, 0) is 6.18 Å². The van der Waals surface area contributed by atoms with Crippen molar-refractivity contribution in [2.24, 2.45) is 0 Å². The lowest BCUT2D eigenvalue weighted by Gasteiger charge is -2.23. The fourth-order valence-corrected chi connectivity index (χ4v) is 3.10. The highest BCUT2D eigenvalue weighted by Crippen LogP contribution is 2.29. The van der Waals surface area contributed by atoms with Gasteiger partial charge in [0.15, 0.2) is 0 Å². The molecule has 0 spiro atoms. The van der Waals surface area contributed by atoms with Crippen molar-refractivity contribution in [3.8, 4) is 5.75 Å². The summed E-state index contributed by atoms with van der Waals surface area (Å²) in [6.45, 7) is -1.56. The summed E-state index contributed by atoms with van der Waals surface area (Å²) in [5, 5.41) is 0. The van der Waals surface area contributed by atoms with Crippen LogP contribution in [0.5, 0.6) is 5.75 Å². The molecule has 0 aliphatic carbocycles. The van der Waals surface area contributed by atoms with Crippen LogP contribution in [0.4, 0.5) is 27.8 Å². The lowest BCUT2D eigenvalue weighted by Crippen LogP contribution is -2.35. The highest BCUT2D eigenvalue weighted by molar-refractivity contribution is 5.97. The summed E-state index contributed by atoms with van der Waals surface area (Å²) in [5.74, 6) is -0.254. The summed E-state index contributed by atoms with van der Waals surface area (Å²) in [6, 6.07) is 8.03. The van der Waals surface area contributed by atoms with Gasteiger partial charge in [-0.05, 0) is 30.7 Å². The number of aromatic nitrogens is 1. The van der Waals surface area contributed by atoms with E-state index >= 15 is 0 Å². The number of rotatable bonds is 4. The third-order valence-electron chi connectivity index (χ3n) is 4.52. The molecule has 5 nitrogen and oxygen atoms in total. The second-order valence-electron chi connectivity index (χ2n) is 6.41. The lowest BCUT2D eigenvalue weighted by molar-refractivity contribution is -0.137. The van der Waals surface area contributed by atoms with Crippen LogP contribution in [0, 0.1) is 0 Å². The summed E-state index contributed by atoms with van der Waals surface area (Å²) in [7, 11) is 0. The maximum atomic E-state index is 12.8. The van der Waals surface area contributed by atoms with Crippen LogP contribution in [-0.4, -0.2) is 48.6 Å². The van der Waals surface area contributed by atoms with E-state index in [2.05, 4.69) is 9.72 Å². The normalized spacial score (nSPS) is 15.4. The minimum Gasteiger partial charge on any atom is -0.434 e. The molecule has 29 heavy (non-hydrogen) atoms. The lowest BCUT2D eigenvalue weighted by atomic mass is 10.1. The Morgan fingerprint density at radius 1 is 1.03 bits per heavy atom. The summed E-state index contributed by atoms with van der Waals surface area (Å²) in [4.78, 5) is 20.0. The van der Waals surface area contributed by atoms with Crippen LogP contribution in [0.15, 0.2) is 42.6 Å². The number of alkyl halides is 5. The molecule has 0 bridgehead atoms. The van der Waals surface area contributed by atoms with Crippen molar-refractivity contribution in [1.82, 2.24) is 9.88 Å². The fraction of sp³-hybridized carbons (Fsp3) is 0.368. The molecule has 0 unspecified atom stereocenters. The zero-order valence-electron chi connectivity index (χ0n) is 15.2. The molecule has 1 fully saturated rings. The first-order chi connectivity index (χ1) is 13.8. The highest BCUT2D eigenvalue weighted by atomic mass is 19.4. The van der Waals surface area contributed by atoms with Gasteiger partial charge in [0.1, 0.15) is 11.6 Å². The SMILES string of the molecule is O=C(c1ccccc1OC(F)F)N1CCCN(c2ccc(C(F)(F)F)cn2)CC1. The first-order valence-corrected chi connectivity index (χ1v) is 8.87. The van der Waals surface area contributed by atoms with Crippen molar-refractivity contribution in [3.05, 3.63) is 53.7 Å². The summed E-state index contributed by atoms with van der Waals surface area (Å²) in [6.07, 6.45) is -3.13. The topological polar surface area (TPSA) is 45.7 Å². The molecule has 1 aromatic heterocycles. The van der Waals surface area contributed by atoms with Gasteiger partial charge in [0.2, 0.25) is 0 Å². The van der Waals surface area contributed by atoms with Crippen molar-refractivity contribution in [1.29, 1.82) is 0 Å². The third kappa shape index (κ3) is 5.12. The number of benzene rings is 1. The van der Waals surface area contributed by atoms with E-state index in [1.165, 1.54) is 29.2 Å². The van der Waals surface area contributed by atoms with Gasteiger partial charge in [-0.25, -0.2) is 4.98 Å². The van der Waals surface area contributed by atoms with Gasteiger partial charge in [-0.3, -0.25) is 4.79 Å². The molecule has 1 aromatic carbocycles. The van der Waals surface area contributed by atoms with Crippen LogP contribution in [0.3, 0.4) is 0 Å². The fourth-order valence-electron chi connectivity index (χ4n) is 3.10. The quantitative estimate of drug-likeness (QED) is 0.707. The van der Waals surface area contributed by atoms with Crippen molar-refractivity contribution in [3.63, 3.8) is 0 Å². The molecular formula is C19H18F5N3O2. The predicted octanol–water partition coefficient (Wildman–Crippen LogP) is 4.05. The van der Waals surface area contributed by atoms with Gasteiger partial charge in [0, 0.05) is 32.4 Å². The first-order valence-electron chi connectivity index (χ1n) is 8.87. The Balaban J connectivity index is 1.69. The van der Waals surface area contributed by atoms with E-state index in [1.54, 1.807) is 11.0 Å². The molecule has 0 radical (unpaired) electrons. The molecule has 0 saturated carbocycles. The van der Waals surface area contributed by atoms with E-state index in [9.17, 15) is 26.7 Å². The second-order valence-corrected chi connectivity index (χ2v) is 6.41. The minimum atomic E-state index is -4.46. The van der Waals surface area contributed by atoms with Crippen LogP contribution < -0.4 is 9.64 Å². The van der Waals surface area contributed by atoms with E-state index in [4.69, 9.17) is 0 Å². The molecule has 1 amide bonds. The molecule has 3 rings (SSSR count). The molecule has 156 valence electrons. The molecule has 2 heterocycles. The molecule has 2 aromatic rings. The molecule has 1 saturated heterocycles. The van der Waals surface area contributed by atoms with Gasteiger partial charge in [-0.2, -0.15) is 22.0 Å². The van der Waals surface area contributed by atoms with Crippen molar-refractivity contribution < 1.29 is 31.5 Å². The highest BCUT2D eigenvalue weighted by Gasteiger charge is 2.31. The summed E-state index contributed by atoms with van der Waals surface area (Å²) in [5.41, 5.74) is -0.794. The molecule has 1 aliphatic rings. The van der Waals surface area contributed by atoms with Crippen molar-refractivity contribution in [2.75, 3.05) is 31.1 Å². The largest absolute Gasteiger partial charge is 0.434 e. The van der Waals surface area contributed by atoms with Gasteiger partial charge in [0.25, 0.3) is 5.91 Å². The number of hydrogen-bond donors (Lipinski definition) is 0. The van der Waals surface area contributed by atoms with Gasteiger partial charge in [0.05, 0.1) is 11.1 Å². The van der Waals surface area contributed by atoms with Gasteiger partial charge in [-0.1, -0.05) is 12.1 Å². The Bertz CT molecular complexity index is 842. The molecule has 0 N–H and O–H groups in total. The Morgan fingerprint density at radius 2 is 1.79 bits per heavy atom. The number of carbonyl (C=O) groups excluding carboxylic acids is 1. The van der Waals surface area contributed by atoms with Gasteiger partial charge >= 0.3 is 12.8 Å². The zero-order valence-corrected chi connectivity index (χ0v) is 15.2. The van der Waals surface area contributed by atoms with Gasteiger partial charge < -0.3 is 14.5 Å². The van der Waals surface area contributed by atoms with Gasteiger partial charge in [-0.15, -0.1) is 0 Å². The number of hydrogen-bond acceptors (Lipinski definition) is 4. The Hall–Kier alpha value is -2.91. The van der Waals surface area contributed by atoms with Crippen LogP contribution in [0.1, 0.15) is 22.3 Å². The number of ether oxygens (including phenoxy) is 1. The molecule has 1 aliphatic heterocycles. The van der Waals surface area contributed by atoms with E-state index < -0.39 is 24.3 Å². The number of pyridine rings is 1. The molecule has 0 atom stereocenters. The number of nitrogens with zero attached hydrogens (tertiary/aromatic N) is 3. The van der Waals surface area contributed by atoms with Crippen LogP contribution in [0.2, 0.25) is 0 Å². The number of carbonyl (C=O) groups is 1. The predicted molar refractivity (Wildman–Crippen MR) is 95.0 cm³/mol. The average Bonchev–Trinajstić information content (AvgIpc) is 2.93. The number of para-hydroxylation sites is 1. The third-order valence-corrected chi connectivity index (χ3v) is 4.52. The van der Waals surface area contributed by atoms with E-state index in [1.807, 2.05) is 0 Å². The number of halogens is 5. The summed E-state index contributed by atoms with van der Waals surface area (Å²) < 4.78 is 67.6. The maximum Gasteiger partial charge on any atom is 0.417 e. The minimum absolute atomic E-state index is 0.0360. The first kappa shape index (κ1) is 20.8. The summed E-state index contributed by atoms with van der Waals surface area (Å²) >= 11 is 0. The number of anilines is 1. The number of amides is 1. The van der Waals surface area contributed by atoms with Crippen molar-refractivity contribution in [2.45, 2.75) is 19.2 Å². The smallest absolute Gasteiger partial charge is 0.417 e. The van der Waals surface area contributed by atoms with Crippen LogP contribution in [0.25, 0.3) is 0 Å². The average molecular weight is 415 g/mol. The second kappa shape index (κ2) is 8.62. The Morgan fingerprint density at radius 3 is 2.45 bits per heavy atom. The van der Waals surface area contributed by atoms with Crippen molar-refractivity contribution >= 4 is 11.7 Å². The van der Waals surface area contributed by atoms with E-state index in [0.29, 0.717) is 31.9 Å². The zero-order chi connectivity index (χ0) is 21.0. The molecule has 10 heteroatoms. The standard InChI is InChI=1S/C19H18F5N3O2/c20-18(21)29-15-5-2-1-4-14(15)17(28)27-9-3-8-26(10-11-27)16-7-6-13(12-25-16)19(22,23)24/h1-2,4-7,12,18H,3,8-11H2. The van der Waals surface area contributed by atoms with E-state index in [0.717, 1.165) is 12.3 Å². The molecular weight excluding hydrogens is 397 g/mol. The maximum absolute atomic E-state index is 12.8. The monoisotopic (exact) mass is 415 g/mol. The van der Waals surface area contributed by atoms with E-state index in [-0.39, 0.29) is 17.9 Å². The van der Waals surface area contributed by atoms with Crippen LogP contribution >= 0.6 is 0 Å². The Labute approximate surface area is 163 Å².